The molecule has 0 amide bonds. The molecule has 6 nitrogen and oxygen atoms in total. The largest absolute Gasteiger partial charge is 0.355 e. The number of nitrogens with zero attached hydrogens (tertiary/aromatic N) is 2. The minimum Gasteiger partial charge on any atom is -0.355 e. The van der Waals surface area contributed by atoms with Crippen molar-refractivity contribution in [1.82, 2.24) is 14.6 Å². The Hall–Kier alpha value is -2.19. The molecule has 0 saturated carbocycles. The lowest BCUT2D eigenvalue weighted by Gasteiger charge is -2.32. The van der Waals surface area contributed by atoms with Gasteiger partial charge in [0.25, 0.3) is 0 Å². The Kier molecular flexibility index (Phi) is 7.30. The summed E-state index contributed by atoms with van der Waals surface area (Å²) in [7, 11) is -3.54. The zero-order valence-electron chi connectivity index (χ0n) is 18.2. The van der Waals surface area contributed by atoms with Gasteiger partial charge in [0.2, 0.25) is 10.0 Å². The van der Waals surface area contributed by atoms with Gasteiger partial charge in [-0.2, -0.15) is 0 Å². The Labute approximate surface area is 195 Å². The molecule has 2 N–H and O–H groups in total. The standard InChI is InChI=1S/C24H29ClN4O2S/c1-2-3-14-29-15-11-20(12-16-29)28-32(30,31)21-7-5-19(6-8-21)27-23-10-13-26-24-17-18(25)4-9-22(23)24/h4-10,13,17,20,28H,2-3,11-12,14-16H2,1H3,(H,26,27). The summed E-state index contributed by atoms with van der Waals surface area (Å²) in [5.41, 5.74) is 2.48. The van der Waals surface area contributed by atoms with Crippen molar-refractivity contribution in [2.75, 3.05) is 25.0 Å². The normalized spacial score (nSPS) is 15.8. The first-order valence-electron chi connectivity index (χ1n) is 11.1. The number of unbranched alkanes of at least 4 members (excludes halogenated alkanes) is 1. The smallest absolute Gasteiger partial charge is 0.240 e. The lowest BCUT2D eigenvalue weighted by Crippen LogP contribution is -2.44. The van der Waals surface area contributed by atoms with Crippen LogP contribution in [0.25, 0.3) is 10.9 Å². The molecular formula is C24H29ClN4O2S. The first-order chi connectivity index (χ1) is 15.4. The van der Waals surface area contributed by atoms with E-state index in [9.17, 15) is 8.42 Å². The van der Waals surface area contributed by atoms with Crippen molar-refractivity contribution in [2.24, 2.45) is 0 Å². The number of anilines is 2. The van der Waals surface area contributed by atoms with Crippen LogP contribution in [0.5, 0.6) is 0 Å². The van der Waals surface area contributed by atoms with Crippen LogP contribution in [0.15, 0.2) is 59.6 Å². The zero-order chi connectivity index (χ0) is 22.6. The van der Waals surface area contributed by atoms with Crippen LogP contribution in [0.2, 0.25) is 5.02 Å². The quantitative estimate of drug-likeness (QED) is 0.472. The number of pyridine rings is 1. The highest BCUT2D eigenvalue weighted by molar-refractivity contribution is 7.89. The van der Waals surface area contributed by atoms with Crippen LogP contribution < -0.4 is 10.0 Å². The summed E-state index contributed by atoms with van der Waals surface area (Å²) < 4.78 is 28.6. The number of aromatic nitrogens is 1. The summed E-state index contributed by atoms with van der Waals surface area (Å²) in [5.74, 6) is 0. The lowest BCUT2D eigenvalue weighted by molar-refractivity contribution is 0.205. The van der Waals surface area contributed by atoms with E-state index in [0.29, 0.717) is 5.02 Å². The van der Waals surface area contributed by atoms with E-state index >= 15 is 0 Å². The molecule has 0 bridgehead atoms. The fraction of sp³-hybridized carbons (Fsp3) is 0.375. The van der Waals surface area contributed by atoms with Crippen molar-refractivity contribution >= 4 is 43.9 Å². The molecule has 1 aliphatic rings. The predicted molar refractivity (Wildman–Crippen MR) is 131 cm³/mol. The van der Waals surface area contributed by atoms with Crippen LogP contribution in [0, 0.1) is 0 Å². The van der Waals surface area contributed by atoms with Gasteiger partial charge in [0.05, 0.1) is 10.4 Å². The van der Waals surface area contributed by atoms with Crippen molar-refractivity contribution in [3.8, 4) is 0 Å². The molecule has 0 spiro atoms. The second-order valence-corrected chi connectivity index (χ2v) is 10.4. The van der Waals surface area contributed by atoms with Gasteiger partial charge in [0.15, 0.2) is 0 Å². The van der Waals surface area contributed by atoms with Gasteiger partial charge in [0, 0.05) is 34.0 Å². The molecule has 2 heterocycles. The Balaban J connectivity index is 1.40. The van der Waals surface area contributed by atoms with E-state index in [-0.39, 0.29) is 10.9 Å². The van der Waals surface area contributed by atoms with Crippen molar-refractivity contribution in [1.29, 1.82) is 0 Å². The molecule has 170 valence electrons. The maximum Gasteiger partial charge on any atom is 0.240 e. The molecule has 3 aromatic rings. The van der Waals surface area contributed by atoms with E-state index in [4.69, 9.17) is 11.6 Å². The molecule has 0 radical (unpaired) electrons. The van der Waals surface area contributed by atoms with Gasteiger partial charge in [0.1, 0.15) is 0 Å². The van der Waals surface area contributed by atoms with Gasteiger partial charge in [-0.3, -0.25) is 4.98 Å². The highest BCUT2D eigenvalue weighted by atomic mass is 35.5. The summed E-state index contributed by atoms with van der Waals surface area (Å²) in [6, 6.07) is 14.3. The molecule has 2 aromatic carbocycles. The van der Waals surface area contributed by atoms with Crippen molar-refractivity contribution in [3.05, 3.63) is 59.8 Å². The molecule has 32 heavy (non-hydrogen) atoms. The Morgan fingerprint density at radius 2 is 1.84 bits per heavy atom. The number of rotatable bonds is 8. The van der Waals surface area contributed by atoms with Gasteiger partial charge in [-0.1, -0.05) is 24.9 Å². The zero-order valence-corrected chi connectivity index (χ0v) is 19.8. The Morgan fingerprint density at radius 1 is 1.09 bits per heavy atom. The van der Waals surface area contributed by atoms with Crippen LogP contribution >= 0.6 is 11.6 Å². The first-order valence-corrected chi connectivity index (χ1v) is 13.0. The van der Waals surface area contributed by atoms with Crippen LogP contribution in [0.4, 0.5) is 11.4 Å². The number of hydrogen-bond acceptors (Lipinski definition) is 5. The third-order valence-corrected chi connectivity index (χ3v) is 7.66. The highest BCUT2D eigenvalue weighted by Gasteiger charge is 2.24. The van der Waals surface area contributed by atoms with Gasteiger partial charge in [-0.15, -0.1) is 0 Å². The Morgan fingerprint density at radius 3 is 2.56 bits per heavy atom. The van der Waals surface area contributed by atoms with E-state index in [0.717, 1.165) is 54.8 Å². The second kappa shape index (κ2) is 10.2. The van der Waals surface area contributed by atoms with Gasteiger partial charge < -0.3 is 10.2 Å². The van der Waals surface area contributed by atoms with Crippen LogP contribution in [-0.4, -0.2) is 44.0 Å². The third-order valence-electron chi connectivity index (χ3n) is 5.89. The van der Waals surface area contributed by atoms with E-state index < -0.39 is 10.0 Å². The number of nitrogens with one attached hydrogen (secondary N) is 2. The minimum atomic E-state index is -3.54. The van der Waals surface area contributed by atoms with Gasteiger partial charge in [-0.05, 0) is 87.4 Å². The van der Waals surface area contributed by atoms with E-state index in [1.54, 1.807) is 30.5 Å². The van der Waals surface area contributed by atoms with E-state index in [1.165, 1.54) is 12.8 Å². The first kappa shape index (κ1) is 23.0. The van der Waals surface area contributed by atoms with Gasteiger partial charge >= 0.3 is 0 Å². The fourth-order valence-corrected chi connectivity index (χ4v) is 5.52. The number of benzene rings is 2. The summed E-state index contributed by atoms with van der Waals surface area (Å²) in [5, 5.41) is 4.92. The average molecular weight is 473 g/mol. The molecule has 1 saturated heterocycles. The molecule has 1 aromatic heterocycles. The highest BCUT2D eigenvalue weighted by Crippen LogP contribution is 2.27. The monoisotopic (exact) mass is 472 g/mol. The molecule has 1 fully saturated rings. The third kappa shape index (κ3) is 5.59. The fourth-order valence-electron chi connectivity index (χ4n) is 4.05. The van der Waals surface area contributed by atoms with Crippen LogP contribution in [0.3, 0.4) is 0 Å². The molecule has 1 aliphatic heterocycles. The lowest BCUT2D eigenvalue weighted by atomic mass is 10.1. The molecule has 4 rings (SSSR count). The number of piperidine rings is 1. The summed E-state index contributed by atoms with van der Waals surface area (Å²) in [6.45, 7) is 5.18. The van der Waals surface area contributed by atoms with E-state index in [1.807, 2.05) is 24.3 Å². The SMILES string of the molecule is CCCCN1CCC(NS(=O)(=O)c2ccc(Nc3ccnc4cc(Cl)ccc34)cc2)CC1. The van der Waals surface area contributed by atoms with Crippen LogP contribution in [-0.2, 0) is 10.0 Å². The summed E-state index contributed by atoms with van der Waals surface area (Å²) in [6.07, 6.45) is 5.80. The number of halogens is 1. The van der Waals surface area contributed by atoms with Crippen LogP contribution in [0.1, 0.15) is 32.6 Å². The molecule has 8 heteroatoms. The number of hydrogen-bond donors (Lipinski definition) is 2. The summed E-state index contributed by atoms with van der Waals surface area (Å²) in [4.78, 5) is 7.05. The van der Waals surface area contributed by atoms with E-state index in [2.05, 4.69) is 26.8 Å². The van der Waals surface area contributed by atoms with Crippen molar-refractivity contribution in [2.45, 2.75) is 43.5 Å². The topological polar surface area (TPSA) is 74.3 Å². The molecular weight excluding hydrogens is 444 g/mol. The maximum atomic E-state index is 12.9. The number of sulfonamides is 1. The minimum absolute atomic E-state index is 0.00862. The number of fused-ring (bicyclic) bond motifs is 1. The van der Waals surface area contributed by atoms with Crippen molar-refractivity contribution < 1.29 is 8.42 Å². The molecule has 0 atom stereocenters. The van der Waals surface area contributed by atoms with Gasteiger partial charge in [-0.25, -0.2) is 13.1 Å². The average Bonchev–Trinajstić information content (AvgIpc) is 2.79. The molecule has 0 unspecified atom stereocenters. The maximum absolute atomic E-state index is 12.9. The summed E-state index contributed by atoms with van der Waals surface area (Å²) >= 11 is 6.06. The number of likely N-dealkylation sites (tertiary alicyclic amines) is 1. The predicted octanol–water partition coefficient (Wildman–Crippen LogP) is 5.17. The Bertz CT molecular complexity index is 1160. The molecule has 0 aliphatic carbocycles. The second-order valence-electron chi connectivity index (χ2n) is 8.26. The van der Waals surface area contributed by atoms with Crippen molar-refractivity contribution in [3.63, 3.8) is 0 Å².